The molecule has 5 aliphatic rings. The van der Waals surface area contributed by atoms with Crippen molar-refractivity contribution in [2.45, 2.75) is 57.8 Å². The Morgan fingerprint density at radius 3 is 1.89 bits per heavy atom. The van der Waals surface area contributed by atoms with Gasteiger partial charge in [0.05, 0.1) is 12.0 Å². The first kappa shape index (κ1) is 11.3. The molecule has 5 saturated carbocycles. The summed E-state index contributed by atoms with van der Waals surface area (Å²) in [6.07, 6.45) is 12.9. The van der Waals surface area contributed by atoms with Crippen LogP contribution >= 0.6 is 0 Å². The second-order valence-corrected chi connectivity index (χ2v) is 7.71. The van der Waals surface area contributed by atoms with Crippen molar-refractivity contribution in [3.05, 3.63) is 0 Å². The first-order chi connectivity index (χ1) is 8.85. The highest BCUT2D eigenvalue weighted by atomic mass is 14.6. The molecule has 1 unspecified atom stereocenters. The molecular formula is C17H25N. The Morgan fingerprint density at radius 1 is 0.833 bits per heavy atom. The van der Waals surface area contributed by atoms with Crippen LogP contribution in [0.4, 0.5) is 0 Å². The molecule has 0 N–H and O–H groups in total. The van der Waals surface area contributed by atoms with E-state index in [0.29, 0.717) is 5.92 Å². The molecule has 1 nitrogen and oxygen atoms in total. The largest absolute Gasteiger partial charge is 0.198 e. The van der Waals surface area contributed by atoms with Gasteiger partial charge in [-0.3, -0.25) is 0 Å². The third kappa shape index (κ3) is 1.64. The SMILES string of the molecule is N#CC(C1CCCC1)C1C2CC3CC(C2)CC1C3. The van der Waals surface area contributed by atoms with Gasteiger partial charge in [-0.1, -0.05) is 12.8 Å². The molecule has 5 fully saturated rings. The quantitative estimate of drug-likeness (QED) is 0.705. The third-order valence-corrected chi connectivity index (χ3v) is 6.77. The number of hydrogen-bond acceptors (Lipinski definition) is 1. The minimum absolute atomic E-state index is 0.419. The molecule has 98 valence electrons. The summed E-state index contributed by atoms with van der Waals surface area (Å²) in [5.41, 5.74) is 0. The first-order valence-corrected chi connectivity index (χ1v) is 8.24. The van der Waals surface area contributed by atoms with Crippen LogP contribution in [-0.4, -0.2) is 0 Å². The van der Waals surface area contributed by atoms with Crippen LogP contribution < -0.4 is 0 Å². The van der Waals surface area contributed by atoms with Gasteiger partial charge in [-0.2, -0.15) is 5.26 Å². The van der Waals surface area contributed by atoms with Crippen LogP contribution in [0.3, 0.4) is 0 Å². The van der Waals surface area contributed by atoms with E-state index in [1.54, 1.807) is 0 Å². The topological polar surface area (TPSA) is 23.8 Å². The highest BCUT2D eigenvalue weighted by Crippen LogP contribution is 2.59. The maximum atomic E-state index is 9.72. The zero-order chi connectivity index (χ0) is 12.1. The van der Waals surface area contributed by atoms with Gasteiger partial charge in [-0.05, 0) is 80.5 Å². The Labute approximate surface area is 111 Å². The van der Waals surface area contributed by atoms with Gasteiger partial charge in [0.15, 0.2) is 0 Å². The van der Waals surface area contributed by atoms with Crippen LogP contribution in [0.5, 0.6) is 0 Å². The molecule has 0 heterocycles. The molecule has 0 aromatic rings. The van der Waals surface area contributed by atoms with Gasteiger partial charge < -0.3 is 0 Å². The Hall–Kier alpha value is -0.510. The van der Waals surface area contributed by atoms with Crippen molar-refractivity contribution in [2.24, 2.45) is 41.4 Å². The molecule has 0 aromatic heterocycles. The normalized spacial score (nSPS) is 48.3. The smallest absolute Gasteiger partial charge is 0.0661 e. The third-order valence-electron chi connectivity index (χ3n) is 6.77. The predicted octanol–water partition coefficient (Wildman–Crippen LogP) is 4.39. The molecule has 0 saturated heterocycles. The lowest BCUT2D eigenvalue weighted by atomic mass is 9.49. The molecule has 0 radical (unpaired) electrons. The van der Waals surface area contributed by atoms with Gasteiger partial charge in [-0.15, -0.1) is 0 Å². The molecule has 0 spiro atoms. The molecule has 0 amide bonds. The zero-order valence-electron chi connectivity index (χ0n) is 11.4. The summed E-state index contributed by atoms with van der Waals surface area (Å²) in [5.74, 6) is 5.95. The lowest BCUT2D eigenvalue weighted by Gasteiger charge is -2.56. The Morgan fingerprint density at radius 2 is 1.39 bits per heavy atom. The van der Waals surface area contributed by atoms with Crippen LogP contribution in [-0.2, 0) is 0 Å². The van der Waals surface area contributed by atoms with Crippen molar-refractivity contribution in [1.29, 1.82) is 5.26 Å². The van der Waals surface area contributed by atoms with Crippen molar-refractivity contribution in [1.82, 2.24) is 0 Å². The lowest BCUT2D eigenvalue weighted by Crippen LogP contribution is -2.48. The highest BCUT2D eigenvalue weighted by molar-refractivity contribution is 5.06. The maximum absolute atomic E-state index is 9.72. The van der Waals surface area contributed by atoms with Gasteiger partial charge in [0.2, 0.25) is 0 Å². The standard InChI is InChI=1S/C17H25N/c18-10-16(13-3-1-2-4-13)17-14-6-11-5-12(8-14)9-15(17)7-11/h11-17H,1-9H2. The average molecular weight is 243 g/mol. The fourth-order valence-corrected chi connectivity index (χ4v) is 6.38. The van der Waals surface area contributed by atoms with Crippen molar-refractivity contribution in [3.63, 3.8) is 0 Å². The summed E-state index contributed by atoms with van der Waals surface area (Å²) in [6.45, 7) is 0. The fraction of sp³-hybridized carbons (Fsp3) is 0.941. The van der Waals surface area contributed by atoms with Gasteiger partial charge >= 0.3 is 0 Å². The van der Waals surface area contributed by atoms with Gasteiger partial charge in [-0.25, -0.2) is 0 Å². The van der Waals surface area contributed by atoms with E-state index in [9.17, 15) is 5.26 Å². The summed E-state index contributed by atoms with van der Waals surface area (Å²) in [4.78, 5) is 0. The minimum atomic E-state index is 0.419. The van der Waals surface area contributed by atoms with Crippen molar-refractivity contribution in [2.75, 3.05) is 0 Å². The Kier molecular flexibility index (Phi) is 2.68. The fourth-order valence-electron chi connectivity index (χ4n) is 6.38. The predicted molar refractivity (Wildman–Crippen MR) is 71.6 cm³/mol. The molecule has 5 rings (SSSR count). The summed E-state index contributed by atoms with van der Waals surface area (Å²) < 4.78 is 0. The van der Waals surface area contributed by atoms with Crippen LogP contribution in [0, 0.1) is 52.8 Å². The summed E-state index contributed by atoms with van der Waals surface area (Å²) in [7, 11) is 0. The maximum Gasteiger partial charge on any atom is 0.0661 e. The molecule has 1 heteroatoms. The number of rotatable bonds is 2. The van der Waals surface area contributed by atoms with E-state index in [4.69, 9.17) is 0 Å². The Bertz CT molecular complexity index is 332. The highest BCUT2D eigenvalue weighted by Gasteiger charge is 2.51. The number of hydrogen-bond donors (Lipinski definition) is 0. The first-order valence-electron chi connectivity index (χ1n) is 8.24. The molecular weight excluding hydrogens is 218 g/mol. The van der Waals surface area contributed by atoms with E-state index >= 15 is 0 Å². The molecule has 0 aromatic carbocycles. The van der Waals surface area contributed by atoms with Crippen LogP contribution in [0.2, 0.25) is 0 Å². The van der Waals surface area contributed by atoms with E-state index in [0.717, 1.165) is 35.5 Å². The van der Waals surface area contributed by atoms with Crippen LogP contribution in [0.15, 0.2) is 0 Å². The van der Waals surface area contributed by atoms with E-state index in [1.807, 2.05) is 0 Å². The molecule has 4 bridgehead atoms. The monoisotopic (exact) mass is 243 g/mol. The second kappa shape index (κ2) is 4.26. The van der Waals surface area contributed by atoms with Gasteiger partial charge in [0.1, 0.15) is 0 Å². The van der Waals surface area contributed by atoms with E-state index in [2.05, 4.69) is 6.07 Å². The Balaban J connectivity index is 1.58. The van der Waals surface area contributed by atoms with Crippen LogP contribution in [0.1, 0.15) is 57.8 Å². The van der Waals surface area contributed by atoms with Gasteiger partial charge in [0, 0.05) is 0 Å². The number of nitrogens with zero attached hydrogens (tertiary/aromatic N) is 1. The molecule has 5 aliphatic carbocycles. The molecule has 0 aliphatic heterocycles. The van der Waals surface area contributed by atoms with Gasteiger partial charge in [0.25, 0.3) is 0 Å². The summed E-state index contributed by atoms with van der Waals surface area (Å²) in [6, 6.07) is 2.77. The van der Waals surface area contributed by atoms with Crippen molar-refractivity contribution < 1.29 is 0 Å². The molecule has 1 atom stereocenters. The average Bonchev–Trinajstić information content (AvgIpc) is 2.86. The number of nitriles is 1. The van der Waals surface area contributed by atoms with Crippen molar-refractivity contribution in [3.8, 4) is 6.07 Å². The van der Waals surface area contributed by atoms with Crippen LogP contribution in [0.25, 0.3) is 0 Å². The summed E-state index contributed by atoms with van der Waals surface area (Å²) >= 11 is 0. The summed E-state index contributed by atoms with van der Waals surface area (Å²) in [5, 5.41) is 9.72. The van der Waals surface area contributed by atoms with E-state index < -0.39 is 0 Å². The molecule has 18 heavy (non-hydrogen) atoms. The van der Waals surface area contributed by atoms with E-state index in [-0.39, 0.29) is 0 Å². The van der Waals surface area contributed by atoms with Crippen molar-refractivity contribution >= 4 is 0 Å². The minimum Gasteiger partial charge on any atom is -0.198 e. The lowest BCUT2D eigenvalue weighted by molar-refractivity contribution is -0.0608. The second-order valence-electron chi connectivity index (χ2n) is 7.71. The zero-order valence-corrected chi connectivity index (χ0v) is 11.4. The van der Waals surface area contributed by atoms with E-state index in [1.165, 1.54) is 57.8 Å².